The number of nitrogens with one attached hydrogen (secondary N) is 2. The van der Waals surface area contributed by atoms with Crippen LogP contribution in [0.4, 0.5) is 0 Å². The Kier molecular flexibility index (Phi) is 5.97. The molecule has 0 aromatic carbocycles. The van der Waals surface area contributed by atoms with Crippen LogP contribution in [0.5, 0.6) is 0 Å². The monoisotopic (exact) mass is 344 g/mol. The van der Waals surface area contributed by atoms with Crippen molar-refractivity contribution < 1.29 is 14.3 Å². The van der Waals surface area contributed by atoms with Gasteiger partial charge in [-0.3, -0.25) is 4.79 Å². The second-order valence-electron chi connectivity index (χ2n) is 6.11. The lowest BCUT2D eigenvalue weighted by molar-refractivity contribution is 0.0599. The third-order valence-corrected chi connectivity index (χ3v) is 4.27. The highest BCUT2D eigenvalue weighted by atomic mass is 16.5. The Bertz CT molecular complexity index is 721. The highest BCUT2D eigenvalue weighted by Crippen LogP contribution is 2.36. The first-order valence-electron chi connectivity index (χ1n) is 8.43. The molecule has 1 aromatic heterocycles. The molecule has 0 saturated heterocycles. The molecule has 1 amide bonds. The van der Waals surface area contributed by atoms with Gasteiger partial charge in [0, 0.05) is 31.5 Å². The largest absolute Gasteiger partial charge is 0.465 e. The maximum atomic E-state index is 12.5. The summed E-state index contributed by atoms with van der Waals surface area (Å²) in [5, 5.41) is 11.0. The van der Waals surface area contributed by atoms with Gasteiger partial charge in [0.25, 0.3) is 5.91 Å². The number of esters is 1. The molecule has 0 spiro atoms. The molecule has 7 heteroatoms. The maximum Gasteiger partial charge on any atom is 0.339 e. The Hall–Kier alpha value is -2.62. The number of ether oxygens (including phenoxy) is 1. The molecule has 134 valence electrons. The number of rotatable bonds is 9. The fraction of sp³-hybridized carbons (Fsp3) is 0.556. The predicted octanol–water partition coefficient (Wildman–Crippen LogP) is 2.76. The van der Waals surface area contributed by atoms with Crippen LogP contribution >= 0.6 is 0 Å². The van der Waals surface area contributed by atoms with E-state index >= 15 is 0 Å². The van der Waals surface area contributed by atoms with E-state index in [0.29, 0.717) is 54.7 Å². The fourth-order valence-corrected chi connectivity index (χ4v) is 2.88. The lowest BCUT2D eigenvalue weighted by atomic mass is 10.0. The Morgan fingerprint density at radius 1 is 1.36 bits per heavy atom. The minimum absolute atomic E-state index is 0.241. The number of aromatic nitrogens is 1. The second-order valence-corrected chi connectivity index (χ2v) is 6.11. The van der Waals surface area contributed by atoms with Crippen molar-refractivity contribution in [2.24, 2.45) is 10.2 Å². The number of hydrogen-bond donors (Lipinski definition) is 2. The number of terminal acetylenes is 1. The molecule has 0 saturated carbocycles. The summed E-state index contributed by atoms with van der Waals surface area (Å²) in [6.45, 7) is 4.20. The third kappa shape index (κ3) is 4.27. The van der Waals surface area contributed by atoms with Gasteiger partial charge in [-0.1, -0.05) is 13.3 Å². The van der Waals surface area contributed by atoms with Gasteiger partial charge in [0.05, 0.1) is 12.7 Å². The van der Waals surface area contributed by atoms with Crippen LogP contribution in [0.15, 0.2) is 10.2 Å². The number of carbonyl (C=O) groups is 2. The Labute approximate surface area is 147 Å². The van der Waals surface area contributed by atoms with Crippen LogP contribution in [-0.2, 0) is 11.2 Å². The summed E-state index contributed by atoms with van der Waals surface area (Å²) in [6, 6.07) is 0. The van der Waals surface area contributed by atoms with Crippen molar-refractivity contribution in [2.75, 3.05) is 13.7 Å². The van der Waals surface area contributed by atoms with E-state index in [-0.39, 0.29) is 5.91 Å². The first-order chi connectivity index (χ1) is 12.0. The summed E-state index contributed by atoms with van der Waals surface area (Å²) in [5.74, 6) is 1.91. The highest BCUT2D eigenvalue weighted by molar-refractivity contribution is 6.00. The summed E-state index contributed by atoms with van der Waals surface area (Å²) >= 11 is 0. The molecule has 0 aliphatic carbocycles. The van der Waals surface area contributed by atoms with Crippen LogP contribution in [0.3, 0.4) is 0 Å². The van der Waals surface area contributed by atoms with Crippen molar-refractivity contribution in [3.05, 3.63) is 22.5 Å². The zero-order valence-corrected chi connectivity index (χ0v) is 14.9. The van der Waals surface area contributed by atoms with Gasteiger partial charge in [0.1, 0.15) is 5.69 Å². The van der Waals surface area contributed by atoms with Crippen molar-refractivity contribution >= 4 is 11.9 Å². The zero-order chi connectivity index (χ0) is 18.4. The number of aryl methyl sites for hydroxylation is 1. The van der Waals surface area contributed by atoms with Crippen molar-refractivity contribution in [3.63, 3.8) is 0 Å². The lowest BCUT2D eigenvalue weighted by Crippen LogP contribution is -2.29. The van der Waals surface area contributed by atoms with Gasteiger partial charge in [0.15, 0.2) is 5.66 Å². The number of carbonyl (C=O) groups excluding carboxylic acids is 2. The zero-order valence-electron chi connectivity index (χ0n) is 14.9. The van der Waals surface area contributed by atoms with Crippen molar-refractivity contribution in [2.45, 2.75) is 51.6 Å². The first-order valence-corrected chi connectivity index (χ1v) is 8.43. The first kappa shape index (κ1) is 18.7. The highest BCUT2D eigenvalue weighted by Gasteiger charge is 2.38. The molecule has 0 unspecified atom stereocenters. The molecule has 0 bridgehead atoms. The summed E-state index contributed by atoms with van der Waals surface area (Å²) in [5.41, 5.74) is 1.79. The topological polar surface area (TPSA) is 95.9 Å². The fourth-order valence-electron chi connectivity index (χ4n) is 2.88. The number of H-pyrrole nitrogens is 1. The molecule has 0 atom stereocenters. The molecule has 0 radical (unpaired) electrons. The van der Waals surface area contributed by atoms with Gasteiger partial charge in [-0.2, -0.15) is 10.2 Å². The molecule has 1 aliphatic rings. The van der Waals surface area contributed by atoms with E-state index in [1.54, 1.807) is 6.92 Å². The number of hydrogen-bond acceptors (Lipinski definition) is 5. The second kappa shape index (κ2) is 7.97. The van der Waals surface area contributed by atoms with E-state index in [2.05, 4.69) is 26.4 Å². The van der Waals surface area contributed by atoms with Gasteiger partial charge in [0.2, 0.25) is 0 Å². The van der Waals surface area contributed by atoms with E-state index < -0.39 is 11.6 Å². The van der Waals surface area contributed by atoms with Crippen molar-refractivity contribution in [1.29, 1.82) is 0 Å². The molecule has 1 aliphatic heterocycles. The van der Waals surface area contributed by atoms with E-state index in [1.807, 2.05) is 6.92 Å². The van der Waals surface area contributed by atoms with Crippen LogP contribution in [0.1, 0.15) is 64.7 Å². The van der Waals surface area contributed by atoms with Crippen LogP contribution in [-0.4, -0.2) is 36.2 Å². The van der Waals surface area contributed by atoms with Gasteiger partial charge in [-0.25, -0.2) is 4.79 Å². The molecular formula is C18H24N4O3. The average molecular weight is 344 g/mol. The van der Waals surface area contributed by atoms with Gasteiger partial charge >= 0.3 is 5.97 Å². The van der Waals surface area contributed by atoms with E-state index in [1.165, 1.54) is 7.11 Å². The summed E-state index contributed by atoms with van der Waals surface area (Å²) in [7, 11) is 1.34. The van der Waals surface area contributed by atoms with Crippen LogP contribution in [0.2, 0.25) is 0 Å². The molecule has 1 aromatic rings. The molecule has 25 heavy (non-hydrogen) atoms. The molecular weight excluding hydrogens is 320 g/mol. The number of amides is 1. The molecule has 7 nitrogen and oxygen atoms in total. The van der Waals surface area contributed by atoms with Gasteiger partial charge in [-0.15, -0.1) is 12.3 Å². The molecule has 0 fully saturated rings. The van der Waals surface area contributed by atoms with E-state index in [4.69, 9.17) is 11.2 Å². The SMILES string of the molecule is C#CCCC1(CCNC(=O)c2[nH]c(C)c(C(=O)OC)c2CCC)N=N1. The van der Waals surface area contributed by atoms with Gasteiger partial charge in [-0.05, 0) is 18.9 Å². The van der Waals surface area contributed by atoms with Crippen LogP contribution < -0.4 is 5.32 Å². The number of aromatic amines is 1. The smallest absolute Gasteiger partial charge is 0.339 e. The minimum atomic E-state index is -0.430. The Balaban J connectivity index is 2.04. The average Bonchev–Trinajstić information content (AvgIpc) is 3.29. The molecule has 2 rings (SSSR count). The third-order valence-electron chi connectivity index (χ3n) is 4.27. The molecule has 2 N–H and O–H groups in total. The summed E-state index contributed by atoms with van der Waals surface area (Å²) in [4.78, 5) is 27.6. The number of nitrogens with zero attached hydrogens (tertiary/aromatic N) is 2. The minimum Gasteiger partial charge on any atom is -0.465 e. The normalized spacial score (nSPS) is 14.0. The standard InChI is InChI=1S/C18H24N4O3/c1-5-7-9-18(21-22-18)10-11-19-16(23)15-13(8-6-2)14(12(3)20-15)17(24)25-4/h1,20H,6-11H2,2-4H3,(H,19,23). The van der Waals surface area contributed by atoms with Crippen LogP contribution in [0, 0.1) is 19.3 Å². The van der Waals surface area contributed by atoms with Gasteiger partial charge < -0.3 is 15.0 Å². The van der Waals surface area contributed by atoms with Crippen LogP contribution in [0.25, 0.3) is 0 Å². The number of methoxy groups -OCH3 is 1. The van der Waals surface area contributed by atoms with Crippen molar-refractivity contribution in [1.82, 2.24) is 10.3 Å². The quantitative estimate of drug-likeness (QED) is 0.532. The maximum absolute atomic E-state index is 12.5. The van der Waals surface area contributed by atoms with Crippen molar-refractivity contribution in [3.8, 4) is 12.3 Å². The summed E-state index contributed by atoms with van der Waals surface area (Å²) < 4.78 is 4.84. The Morgan fingerprint density at radius 3 is 2.64 bits per heavy atom. The lowest BCUT2D eigenvalue weighted by Gasteiger charge is -2.10. The summed E-state index contributed by atoms with van der Waals surface area (Å²) in [6.07, 6.45) is 8.63. The Morgan fingerprint density at radius 2 is 2.08 bits per heavy atom. The van der Waals surface area contributed by atoms with E-state index in [9.17, 15) is 9.59 Å². The predicted molar refractivity (Wildman–Crippen MR) is 93.5 cm³/mol. The molecule has 2 heterocycles. The van der Waals surface area contributed by atoms with E-state index in [0.717, 1.165) is 6.42 Å².